The second-order valence-electron chi connectivity index (χ2n) is 5.54. The first kappa shape index (κ1) is 16.0. The summed E-state index contributed by atoms with van der Waals surface area (Å²) < 4.78 is 0. The Hall–Kier alpha value is -3.45. The number of aromatic hydroxyl groups is 1. The van der Waals surface area contributed by atoms with Gasteiger partial charge in [-0.05, 0) is 24.3 Å². The maximum absolute atomic E-state index is 12.4. The number of nitrogens with one attached hydrogen (secondary N) is 2. The maximum atomic E-state index is 12.4. The van der Waals surface area contributed by atoms with Gasteiger partial charge in [-0.2, -0.15) is 5.10 Å². The molecule has 1 aliphatic rings. The number of para-hydroxylation sites is 2. The number of aromatic nitrogens is 1. The van der Waals surface area contributed by atoms with Crippen molar-refractivity contribution in [1.82, 2.24) is 10.4 Å². The zero-order valence-electron chi connectivity index (χ0n) is 13.5. The highest BCUT2D eigenvalue weighted by molar-refractivity contribution is 7.17. The van der Waals surface area contributed by atoms with Crippen molar-refractivity contribution in [3.8, 4) is 5.75 Å². The van der Waals surface area contributed by atoms with Gasteiger partial charge in [0, 0.05) is 11.3 Å². The van der Waals surface area contributed by atoms with Gasteiger partial charge in [0.25, 0.3) is 5.91 Å². The average Bonchev–Trinajstić information content (AvgIpc) is 2.97. The molecule has 0 radical (unpaired) electrons. The van der Waals surface area contributed by atoms with Crippen LogP contribution in [-0.2, 0) is 4.79 Å². The summed E-state index contributed by atoms with van der Waals surface area (Å²) in [5.41, 5.74) is 4.78. The minimum Gasteiger partial charge on any atom is -0.507 e. The number of phenolic OH excluding ortho intramolecular Hbond substituents is 1. The van der Waals surface area contributed by atoms with Crippen molar-refractivity contribution in [2.75, 3.05) is 5.32 Å². The van der Waals surface area contributed by atoms with Crippen molar-refractivity contribution in [1.29, 1.82) is 0 Å². The van der Waals surface area contributed by atoms with Crippen LogP contribution in [0.4, 0.5) is 10.8 Å². The van der Waals surface area contributed by atoms with E-state index in [4.69, 9.17) is 0 Å². The van der Waals surface area contributed by atoms with Crippen LogP contribution < -0.4 is 10.7 Å². The fraction of sp³-hybridized carbons (Fsp3) is 0. The molecule has 3 aromatic rings. The maximum Gasteiger partial charge on any atom is 0.273 e. The Balaban J connectivity index is 1.76. The highest BCUT2D eigenvalue weighted by Gasteiger charge is 2.23. The lowest BCUT2D eigenvalue weighted by Gasteiger charge is -2.04. The molecule has 1 amide bonds. The van der Waals surface area contributed by atoms with Crippen molar-refractivity contribution in [3.05, 3.63) is 70.7 Å². The number of amides is 1. The van der Waals surface area contributed by atoms with Gasteiger partial charge in [0.1, 0.15) is 5.75 Å². The molecule has 0 fully saturated rings. The van der Waals surface area contributed by atoms with Crippen molar-refractivity contribution in [2.24, 2.45) is 5.10 Å². The minimum absolute atomic E-state index is 0.0948. The molecule has 0 unspecified atom stereocenters. The van der Waals surface area contributed by atoms with Gasteiger partial charge in [0.2, 0.25) is 0 Å². The smallest absolute Gasteiger partial charge is 0.273 e. The lowest BCUT2D eigenvalue weighted by atomic mass is 10.1. The standard InChI is InChI=1S/C19H14N4O2S/c24-15-9-5-4-6-12(15)10-14-17-16(11-20-23-18(14)25)26-19(22-17)21-13-7-2-1-3-8-13/h1-11,24H,(H,21,22)(H,23,25)/b14-10-. The van der Waals surface area contributed by atoms with Gasteiger partial charge in [0.15, 0.2) is 5.13 Å². The van der Waals surface area contributed by atoms with E-state index in [2.05, 4.69) is 20.8 Å². The number of hydrogen-bond acceptors (Lipinski definition) is 6. The quantitative estimate of drug-likeness (QED) is 0.622. The minimum atomic E-state index is -0.375. The first-order chi connectivity index (χ1) is 12.7. The number of rotatable bonds is 3. The van der Waals surface area contributed by atoms with Crippen LogP contribution in [0.25, 0.3) is 11.6 Å². The van der Waals surface area contributed by atoms with Gasteiger partial charge < -0.3 is 10.4 Å². The first-order valence-corrected chi connectivity index (χ1v) is 8.69. The van der Waals surface area contributed by atoms with Crippen LogP contribution >= 0.6 is 11.3 Å². The third-order valence-electron chi connectivity index (χ3n) is 3.76. The summed E-state index contributed by atoms with van der Waals surface area (Å²) in [6.07, 6.45) is 3.19. The Morgan fingerprint density at radius 3 is 2.65 bits per heavy atom. The Morgan fingerprint density at radius 1 is 1.08 bits per heavy atom. The molecular weight excluding hydrogens is 348 g/mol. The van der Waals surface area contributed by atoms with E-state index in [1.807, 2.05) is 30.3 Å². The van der Waals surface area contributed by atoms with E-state index in [0.717, 1.165) is 10.6 Å². The average molecular weight is 362 g/mol. The van der Waals surface area contributed by atoms with E-state index < -0.39 is 0 Å². The van der Waals surface area contributed by atoms with Gasteiger partial charge in [-0.1, -0.05) is 47.7 Å². The van der Waals surface area contributed by atoms with Gasteiger partial charge in [0.05, 0.1) is 22.4 Å². The molecule has 0 saturated heterocycles. The number of thiazole rings is 1. The molecule has 1 aromatic heterocycles. The number of anilines is 2. The van der Waals surface area contributed by atoms with Crippen molar-refractivity contribution in [2.45, 2.75) is 0 Å². The Morgan fingerprint density at radius 2 is 1.85 bits per heavy atom. The normalized spacial score (nSPS) is 14.6. The molecule has 6 nitrogen and oxygen atoms in total. The fourth-order valence-corrected chi connectivity index (χ4v) is 3.40. The zero-order valence-corrected chi connectivity index (χ0v) is 14.3. The number of phenols is 1. The molecular formula is C19H14N4O2S. The van der Waals surface area contributed by atoms with Gasteiger partial charge in [-0.3, -0.25) is 4.79 Å². The number of carbonyl (C=O) groups is 1. The molecule has 0 atom stereocenters. The molecule has 4 rings (SSSR count). The lowest BCUT2D eigenvalue weighted by Crippen LogP contribution is -2.17. The third kappa shape index (κ3) is 3.20. The first-order valence-electron chi connectivity index (χ1n) is 7.87. The fourth-order valence-electron chi connectivity index (χ4n) is 2.53. The second-order valence-corrected chi connectivity index (χ2v) is 6.57. The summed E-state index contributed by atoms with van der Waals surface area (Å²) in [5, 5.41) is 17.8. The summed E-state index contributed by atoms with van der Waals surface area (Å²) in [6.45, 7) is 0. The predicted octanol–water partition coefficient (Wildman–Crippen LogP) is 3.60. The van der Waals surface area contributed by atoms with Crippen LogP contribution in [0.3, 0.4) is 0 Å². The number of carbonyl (C=O) groups excluding carboxylic acids is 1. The summed E-state index contributed by atoms with van der Waals surface area (Å²) in [4.78, 5) is 17.8. The molecule has 0 bridgehead atoms. The SMILES string of the molecule is O=C1NN=Cc2sc(Nc3ccccc3)nc2/C1=C/c1ccccc1O. The van der Waals surface area contributed by atoms with Gasteiger partial charge in [-0.15, -0.1) is 0 Å². The summed E-state index contributed by atoms with van der Waals surface area (Å²) in [7, 11) is 0. The molecule has 0 saturated carbocycles. The van der Waals surface area contributed by atoms with Crippen LogP contribution in [0.1, 0.15) is 16.1 Å². The number of hydrogen-bond donors (Lipinski definition) is 3. The molecule has 3 N–H and O–H groups in total. The monoisotopic (exact) mass is 362 g/mol. The van der Waals surface area contributed by atoms with E-state index >= 15 is 0 Å². The second kappa shape index (κ2) is 6.81. The van der Waals surface area contributed by atoms with E-state index in [-0.39, 0.29) is 11.7 Å². The Labute approximate surface area is 153 Å². The van der Waals surface area contributed by atoms with E-state index in [1.165, 1.54) is 11.3 Å². The number of nitrogens with zero attached hydrogens (tertiary/aromatic N) is 2. The highest BCUT2D eigenvalue weighted by Crippen LogP contribution is 2.32. The van der Waals surface area contributed by atoms with Crippen molar-refractivity contribution < 1.29 is 9.90 Å². The van der Waals surface area contributed by atoms with E-state index in [0.29, 0.717) is 22.0 Å². The number of fused-ring (bicyclic) bond motifs is 1. The molecule has 26 heavy (non-hydrogen) atoms. The van der Waals surface area contributed by atoms with E-state index in [9.17, 15) is 9.90 Å². The van der Waals surface area contributed by atoms with Gasteiger partial charge >= 0.3 is 0 Å². The number of hydrazone groups is 1. The molecule has 2 aromatic carbocycles. The number of benzene rings is 2. The Bertz CT molecular complexity index is 1030. The molecule has 128 valence electrons. The molecule has 0 spiro atoms. The molecule has 1 aliphatic heterocycles. The molecule has 2 heterocycles. The largest absolute Gasteiger partial charge is 0.507 e. The van der Waals surface area contributed by atoms with E-state index in [1.54, 1.807) is 36.6 Å². The Kier molecular flexibility index (Phi) is 4.20. The zero-order chi connectivity index (χ0) is 17.9. The molecule has 7 heteroatoms. The molecule has 0 aliphatic carbocycles. The summed E-state index contributed by atoms with van der Waals surface area (Å²) >= 11 is 1.40. The van der Waals surface area contributed by atoms with Crippen molar-refractivity contribution in [3.63, 3.8) is 0 Å². The van der Waals surface area contributed by atoms with Gasteiger partial charge in [-0.25, -0.2) is 10.4 Å². The summed E-state index contributed by atoms with van der Waals surface area (Å²) in [6, 6.07) is 16.5. The van der Waals surface area contributed by atoms with Crippen LogP contribution in [0.2, 0.25) is 0 Å². The van der Waals surface area contributed by atoms with Crippen LogP contribution in [0.15, 0.2) is 59.7 Å². The highest BCUT2D eigenvalue weighted by atomic mass is 32.1. The van der Waals surface area contributed by atoms with Crippen LogP contribution in [0, 0.1) is 0 Å². The summed E-state index contributed by atoms with van der Waals surface area (Å²) in [5.74, 6) is -0.280. The predicted molar refractivity (Wildman–Crippen MR) is 104 cm³/mol. The van der Waals surface area contributed by atoms with Crippen LogP contribution in [0.5, 0.6) is 5.75 Å². The van der Waals surface area contributed by atoms with Crippen molar-refractivity contribution >= 4 is 45.9 Å². The topological polar surface area (TPSA) is 86.6 Å². The third-order valence-corrected chi connectivity index (χ3v) is 4.67. The van der Waals surface area contributed by atoms with Crippen LogP contribution in [-0.4, -0.2) is 22.2 Å². The lowest BCUT2D eigenvalue weighted by molar-refractivity contribution is -0.115.